The van der Waals surface area contributed by atoms with E-state index in [4.69, 9.17) is 21.6 Å². The van der Waals surface area contributed by atoms with E-state index in [1.807, 2.05) is 18.2 Å². The number of rotatable bonds is 7. The number of carbonyl (C=O) groups is 2. The number of nitriles is 1. The van der Waals surface area contributed by atoms with E-state index in [0.717, 1.165) is 4.90 Å². The Bertz CT molecular complexity index is 528. The molecule has 0 saturated heterocycles. The highest BCUT2D eigenvalue weighted by Crippen LogP contribution is 2.25. The summed E-state index contributed by atoms with van der Waals surface area (Å²) < 4.78 is 4.91. The number of thioether (sulfide) groups is 1. The maximum Gasteiger partial charge on any atom is 0.319 e. The highest BCUT2D eigenvalue weighted by molar-refractivity contribution is 8.00. The third kappa shape index (κ3) is 7.02. The van der Waals surface area contributed by atoms with Gasteiger partial charge in [-0.1, -0.05) is 11.6 Å². The molecule has 1 aromatic carbocycles. The minimum absolute atomic E-state index is 0.225. The number of hydrogen-bond acceptors (Lipinski definition) is 5. The fraction of sp³-hybridized carbons (Fsp3) is 0.357. The lowest BCUT2D eigenvalue weighted by Crippen LogP contribution is -2.31. The van der Waals surface area contributed by atoms with Gasteiger partial charge in [-0.3, -0.25) is 9.59 Å². The van der Waals surface area contributed by atoms with Crippen molar-refractivity contribution in [3.63, 3.8) is 0 Å². The van der Waals surface area contributed by atoms with Gasteiger partial charge < -0.3 is 10.1 Å². The average molecular weight is 327 g/mol. The van der Waals surface area contributed by atoms with Gasteiger partial charge in [0.1, 0.15) is 5.25 Å². The minimum Gasteiger partial charge on any atom is -0.455 e. The van der Waals surface area contributed by atoms with Crippen molar-refractivity contribution in [1.82, 2.24) is 5.32 Å². The molecule has 0 heterocycles. The SMILES string of the molecule is C[C@@H](Sc1ccc(Cl)cc1)C(=O)OCC(=O)NCCC#N. The molecule has 0 saturated carbocycles. The summed E-state index contributed by atoms with van der Waals surface area (Å²) in [5.41, 5.74) is 0. The monoisotopic (exact) mass is 326 g/mol. The van der Waals surface area contributed by atoms with Gasteiger partial charge in [0.15, 0.2) is 6.61 Å². The predicted molar refractivity (Wildman–Crippen MR) is 81.0 cm³/mol. The van der Waals surface area contributed by atoms with E-state index in [2.05, 4.69) is 5.32 Å². The largest absolute Gasteiger partial charge is 0.455 e. The molecule has 1 rings (SSSR count). The van der Waals surface area contributed by atoms with Gasteiger partial charge in [0.05, 0.1) is 12.5 Å². The van der Waals surface area contributed by atoms with E-state index in [0.29, 0.717) is 5.02 Å². The van der Waals surface area contributed by atoms with Crippen LogP contribution in [0.15, 0.2) is 29.2 Å². The molecule has 7 heteroatoms. The zero-order chi connectivity index (χ0) is 15.7. The van der Waals surface area contributed by atoms with Crippen molar-refractivity contribution in [3.8, 4) is 6.07 Å². The van der Waals surface area contributed by atoms with E-state index in [1.54, 1.807) is 19.1 Å². The molecule has 1 aromatic rings. The summed E-state index contributed by atoms with van der Waals surface area (Å²) in [5.74, 6) is -0.882. The van der Waals surface area contributed by atoms with Crippen molar-refractivity contribution in [3.05, 3.63) is 29.3 Å². The van der Waals surface area contributed by atoms with Crippen LogP contribution >= 0.6 is 23.4 Å². The van der Waals surface area contributed by atoms with Gasteiger partial charge in [0.25, 0.3) is 5.91 Å². The molecule has 5 nitrogen and oxygen atoms in total. The smallest absolute Gasteiger partial charge is 0.319 e. The second-order valence-corrected chi connectivity index (χ2v) is 5.93. The molecular formula is C14H15ClN2O3S. The van der Waals surface area contributed by atoms with E-state index < -0.39 is 17.1 Å². The van der Waals surface area contributed by atoms with Gasteiger partial charge in [-0.25, -0.2) is 0 Å². The number of nitrogens with zero attached hydrogens (tertiary/aromatic N) is 1. The third-order valence-electron chi connectivity index (χ3n) is 2.36. The highest BCUT2D eigenvalue weighted by atomic mass is 35.5. The van der Waals surface area contributed by atoms with Gasteiger partial charge in [0, 0.05) is 16.5 Å². The lowest BCUT2D eigenvalue weighted by molar-refractivity contribution is -0.147. The van der Waals surface area contributed by atoms with Crippen LogP contribution in [0.2, 0.25) is 5.02 Å². The Labute approximate surface area is 132 Å². The van der Waals surface area contributed by atoms with Crippen molar-refractivity contribution < 1.29 is 14.3 Å². The fourth-order valence-corrected chi connectivity index (χ4v) is 2.32. The summed E-state index contributed by atoms with van der Waals surface area (Å²) in [6.07, 6.45) is 0.225. The second kappa shape index (κ2) is 9.27. The van der Waals surface area contributed by atoms with Gasteiger partial charge in [-0.2, -0.15) is 5.26 Å². The van der Waals surface area contributed by atoms with Crippen LogP contribution in [0, 0.1) is 11.3 Å². The standard InChI is InChI=1S/C14H15ClN2O3S/c1-10(21-12-5-3-11(15)4-6-12)14(19)20-9-13(18)17-8-2-7-16/h3-6,10H,2,8-9H2,1H3,(H,17,18)/t10-/m1/s1. The first-order valence-electron chi connectivity index (χ1n) is 6.25. The summed E-state index contributed by atoms with van der Waals surface area (Å²) in [6.45, 7) is 1.62. The van der Waals surface area contributed by atoms with Crippen molar-refractivity contribution in [2.75, 3.05) is 13.2 Å². The first-order valence-corrected chi connectivity index (χ1v) is 7.51. The van der Waals surface area contributed by atoms with Gasteiger partial charge in [-0.05, 0) is 31.2 Å². The molecule has 0 aliphatic rings. The van der Waals surface area contributed by atoms with Crippen molar-refractivity contribution in [2.24, 2.45) is 0 Å². The third-order valence-corrected chi connectivity index (χ3v) is 3.71. The Hall–Kier alpha value is -1.71. The Kier molecular flexibility index (Phi) is 7.65. The van der Waals surface area contributed by atoms with Crippen molar-refractivity contribution in [2.45, 2.75) is 23.5 Å². The number of carbonyl (C=O) groups excluding carboxylic acids is 2. The number of nitrogens with one attached hydrogen (secondary N) is 1. The lowest BCUT2D eigenvalue weighted by Gasteiger charge is -2.11. The number of amides is 1. The normalized spacial score (nSPS) is 11.3. The van der Waals surface area contributed by atoms with Crippen LogP contribution in [0.4, 0.5) is 0 Å². The molecule has 0 aromatic heterocycles. The first-order chi connectivity index (χ1) is 10.0. The number of esters is 1. The Morgan fingerprint density at radius 2 is 2.10 bits per heavy atom. The summed E-state index contributed by atoms with van der Waals surface area (Å²) in [5, 5.41) is 11.0. The molecule has 112 valence electrons. The van der Waals surface area contributed by atoms with Crippen LogP contribution < -0.4 is 5.32 Å². The molecule has 0 aliphatic heterocycles. The molecule has 0 aliphatic carbocycles. The average Bonchev–Trinajstić information content (AvgIpc) is 2.47. The maximum atomic E-state index is 11.7. The topological polar surface area (TPSA) is 79.2 Å². The Morgan fingerprint density at radius 1 is 1.43 bits per heavy atom. The molecule has 1 amide bonds. The zero-order valence-corrected chi connectivity index (χ0v) is 13.0. The van der Waals surface area contributed by atoms with E-state index >= 15 is 0 Å². The molecule has 0 unspecified atom stereocenters. The maximum absolute atomic E-state index is 11.7. The molecule has 0 fully saturated rings. The quantitative estimate of drug-likeness (QED) is 0.473. The molecular weight excluding hydrogens is 312 g/mol. The second-order valence-electron chi connectivity index (χ2n) is 4.08. The summed E-state index contributed by atoms with van der Waals surface area (Å²) in [7, 11) is 0. The summed E-state index contributed by atoms with van der Waals surface area (Å²) in [6, 6.07) is 9.01. The highest BCUT2D eigenvalue weighted by Gasteiger charge is 2.17. The van der Waals surface area contributed by atoms with Crippen LogP contribution in [0.3, 0.4) is 0 Å². The van der Waals surface area contributed by atoms with Crippen LogP contribution in [-0.4, -0.2) is 30.3 Å². The zero-order valence-electron chi connectivity index (χ0n) is 11.5. The van der Waals surface area contributed by atoms with Gasteiger partial charge >= 0.3 is 5.97 Å². The Balaban J connectivity index is 2.32. The number of hydrogen-bond donors (Lipinski definition) is 1. The molecule has 0 radical (unpaired) electrons. The predicted octanol–water partition coefficient (Wildman–Crippen LogP) is 2.39. The van der Waals surface area contributed by atoms with Crippen LogP contribution in [0.25, 0.3) is 0 Å². The minimum atomic E-state index is -0.467. The van der Waals surface area contributed by atoms with Crippen molar-refractivity contribution in [1.29, 1.82) is 5.26 Å². The molecule has 0 spiro atoms. The van der Waals surface area contributed by atoms with Gasteiger partial charge in [-0.15, -0.1) is 11.8 Å². The fourth-order valence-electron chi connectivity index (χ4n) is 1.33. The van der Waals surface area contributed by atoms with Crippen LogP contribution in [0.5, 0.6) is 0 Å². The number of benzene rings is 1. The van der Waals surface area contributed by atoms with E-state index in [1.165, 1.54) is 11.8 Å². The first kappa shape index (κ1) is 17.3. The number of ether oxygens (including phenoxy) is 1. The molecule has 1 N–H and O–H groups in total. The van der Waals surface area contributed by atoms with Gasteiger partial charge in [0.2, 0.25) is 0 Å². The molecule has 0 bridgehead atoms. The Morgan fingerprint density at radius 3 is 2.71 bits per heavy atom. The van der Waals surface area contributed by atoms with Crippen LogP contribution in [-0.2, 0) is 14.3 Å². The van der Waals surface area contributed by atoms with E-state index in [9.17, 15) is 9.59 Å². The van der Waals surface area contributed by atoms with Crippen LogP contribution in [0.1, 0.15) is 13.3 Å². The summed E-state index contributed by atoms with van der Waals surface area (Å²) in [4.78, 5) is 24.0. The number of halogens is 1. The lowest BCUT2D eigenvalue weighted by atomic mass is 10.4. The van der Waals surface area contributed by atoms with Crippen molar-refractivity contribution >= 4 is 35.2 Å². The molecule has 21 heavy (non-hydrogen) atoms. The van der Waals surface area contributed by atoms with E-state index in [-0.39, 0.29) is 19.6 Å². The molecule has 1 atom stereocenters. The summed E-state index contributed by atoms with van der Waals surface area (Å²) >= 11 is 7.11.